The van der Waals surface area contributed by atoms with Crippen LogP contribution >= 0.6 is 0 Å². The fraction of sp³-hybridized carbons (Fsp3) is 0.364. The molecule has 3 heterocycles. The molecule has 0 saturated heterocycles. The summed E-state index contributed by atoms with van der Waals surface area (Å²) >= 11 is 0. The summed E-state index contributed by atoms with van der Waals surface area (Å²) in [6.07, 6.45) is 1.68. The van der Waals surface area contributed by atoms with Crippen LogP contribution < -0.4 is 10.6 Å². The Kier molecular flexibility index (Phi) is 6.07. The van der Waals surface area contributed by atoms with Gasteiger partial charge in [-0.15, -0.1) is 0 Å². The van der Waals surface area contributed by atoms with Gasteiger partial charge in [-0.3, -0.25) is 4.79 Å². The maximum atomic E-state index is 13.4. The van der Waals surface area contributed by atoms with Gasteiger partial charge in [-0.05, 0) is 43.5 Å². The van der Waals surface area contributed by atoms with Crippen molar-refractivity contribution < 1.29 is 27.9 Å². The molecule has 5 rings (SSSR count). The molecule has 0 radical (unpaired) electrons. The molecule has 174 valence electrons. The van der Waals surface area contributed by atoms with Gasteiger partial charge in [-0.2, -0.15) is 13.2 Å². The van der Waals surface area contributed by atoms with E-state index in [1.165, 1.54) is 24.7 Å². The molecule has 1 unspecified atom stereocenters. The van der Waals surface area contributed by atoms with E-state index in [2.05, 4.69) is 20.6 Å². The number of para-hydroxylation sites is 1. The average Bonchev–Trinajstić information content (AvgIpc) is 3.43. The van der Waals surface area contributed by atoms with Crippen LogP contribution in [0.15, 0.2) is 42.9 Å². The first-order valence-electron chi connectivity index (χ1n) is 10.4. The lowest BCUT2D eigenvalue weighted by Crippen LogP contribution is -2.31. The number of rotatable bonds is 4. The van der Waals surface area contributed by atoms with E-state index in [1.807, 2.05) is 35.4 Å². The maximum absolute atomic E-state index is 13.4. The van der Waals surface area contributed by atoms with Crippen molar-refractivity contribution >= 4 is 28.6 Å². The Morgan fingerprint density at radius 2 is 1.85 bits per heavy atom. The molecule has 2 aromatic heterocycles. The number of hydrogen-bond donors (Lipinski definition) is 2. The molecule has 1 amide bonds. The first kappa shape index (κ1) is 22.7. The zero-order valence-electron chi connectivity index (χ0n) is 17.5. The van der Waals surface area contributed by atoms with Gasteiger partial charge < -0.3 is 20.3 Å². The maximum Gasteiger partial charge on any atom is 0.490 e. The van der Waals surface area contributed by atoms with Crippen molar-refractivity contribution in [3.63, 3.8) is 0 Å². The minimum absolute atomic E-state index is 0.0575. The summed E-state index contributed by atoms with van der Waals surface area (Å²) in [5.41, 5.74) is 9.30. The van der Waals surface area contributed by atoms with Crippen molar-refractivity contribution in [2.45, 2.75) is 37.4 Å². The SMILES string of the molecule is NCCC1CN(C(=O)c2ncnc3c2ccn3C2CC2)c2ccccc21.O=C(O)C(F)(F)F. The second kappa shape index (κ2) is 8.81. The lowest BCUT2D eigenvalue weighted by molar-refractivity contribution is -0.192. The number of alkyl halides is 3. The van der Waals surface area contributed by atoms with Crippen LogP contribution in [0.3, 0.4) is 0 Å². The van der Waals surface area contributed by atoms with E-state index in [9.17, 15) is 18.0 Å². The van der Waals surface area contributed by atoms with E-state index in [-0.39, 0.29) is 11.8 Å². The number of benzene rings is 1. The molecule has 1 aliphatic carbocycles. The molecular weight excluding hydrogens is 439 g/mol. The highest BCUT2D eigenvalue weighted by Crippen LogP contribution is 2.40. The van der Waals surface area contributed by atoms with Crippen molar-refractivity contribution in [2.75, 3.05) is 18.0 Å². The van der Waals surface area contributed by atoms with Gasteiger partial charge in [-0.25, -0.2) is 14.8 Å². The van der Waals surface area contributed by atoms with Crippen molar-refractivity contribution in [3.05, 3.63) is 54.1 Å². The van der Waals surface area contributed by atoms with Crippen molar-refractivity contribution in [1.82, 2.24) is 14.5 Å². The van der Waals surface area contributed by atoms with E-state index in [1.54, 1.807) is 0 Å². The van der Waals surface area contributed by atoms with Gasteiger partial charge in [0.1, 0.15) is 17.7 Å². The second-order valence-electron chi connectivity index (χ2n) is 7.97. The Labute approximate surface area is 186 Å². The number of nitrogens with two attached hydrogens (primary N) is 1. The summed E-state index contributed by atoms with van der Waals surface area (Å²) in [6, 6.07) is 10.6. The van der Waals surface area contributed by atoms with Crippen LogP contribution in [0.25, 0.3) is 11.0 Å². The molecule has 33 heavy (non-hydrogen) atoms. The summed E-state index contributed by atoms with van der Waals surface area (Å²) < 4.78 is 33.9. The highest BCUT2D eigenvalue weighted by atomic mass is 19.4. The van der Waals surface area contributed by atoms with Crippen LogP contribution in [0.2, 0.25) is 0 Å². The second-order valence-corrected chi connectivity index (χ2v) is 7.97. The van der Waals surface area contributed by atoms with Gasteiger partial charge >= 0.3 is 12.1 Å². The predicted octanol–water partition coefficient (Wildman–Crippen LogP) is 3.49. The number of carboxylic acid groups (broad SMARTS) is 1. The van der Waals surface area contributed by atoms with Gasteiger partial charge in [0.05, 0.1) is 5.39 Å². The third kappa shape index (κ3) is 4.54. The molecule has 1 aliphatic heterocycles. The molecule has 3 aromatic rings. The molecule has 0 spiro atoms. The van der Waals surface area contributed by atoms with E-state index < -0.39 is 12.1 Å². The number of anilines is 1. The van der Waals surface area contributed by atoms with Gasteiger partial charge in [-0.1, -0.05) is 18.2 Å². The summed E-state index contributed by atoms with van der Waals surface area (Å²) in [5.74, 6) is -2.53. The fourth-order valence-corrected chi connectivity index (χ4v) is 4.05. The Morgan fingerprint density at radius 1 is 1.15 bits per heavy atom. The van der Waals surface area contributed by atoms with Crippen LogP contribution in [-0.4, -0.2) is 50.8 Å². The van der Waals surface area contributed by atoms with Crippen LogP contribution in [0.4, 0.5) is 18.9 Å². The number of carbonyl (C=O) groups is 2. The molecule has 1 saturated carbocycles. The summed E-state index contributed by atoms with van der Waals surface area (Å²) in [4.78, 5) is 32.9. The van der Waals surface area contributed by atoms with E-state index in [4.69, 9.17) is 15.6 Å². The standard InChI is InChI=1S/C20H21N5O.C2HF3O2/c21-9-7-13-11-25(17-4-2-1-3-15(13)17)20(26)18-16-8-10-24(14-5-6-14)19(16)23-12-22-18;3-2(4,5)1(6)7/h1-4,8,10,12-14H,5-7,9,11,21H2;(H,6,7). The third-order valence-corrected chi connectivity index (χ3v) is 5.73. The van der Waals surface area contributed by atoms with Crippen LogP contribution in [0.5, 0.6) is 0 Å². The van der Waals surface area contributed by atoms with Crippen LogP contribution in [0, 0.1) is 0 Å². The van der Waals surface area contributed by atoms with E-state index in [0.29, 0.717) is 24.8 Å². The molecule has 1 aromatic carbocycles. The minimum atomic E-state index is -5.08. The number of halogens is 3. The number of carboxylic acids is 1. The normalized spacial score (nSPS) is 17.5. The Morgan fingerprint density at radius 3 is 2.48 bits per heavy atom. The van der Waals surface area contributed by atoms with Crippen LogP contribution in [-0.2, 0) is 4.79 Å². The first-order valence-corrected chi connectivity index (χ1v) is 10.4. The minimum Gasteiger partial charge on any atom is -0.475 e. The van der Waals surface area contributed by atoms with Gasteiger partial charge in [0.15, 0.2) is 0 Å². The van der Waals surface area contributed by atoms with Gasteiger partial charge in [0.2, 0.25) is 0 Å². The van der Waals surface area contributed by atoms with Crippen molar-refractivity contribution in [2.24, 2.45) is 5.73 Å². The number of aliphatic carboxylic acids is 1. The number of aromatic nitrogens is 3. The molecule has 1 atom stereocenters. The molecular formula is C22H22F3N5O3. The molecule has 2 aliphatic rings. The Hall–Kier alpha value is -3.47. The largest absolute Gasteiger partial charge is 0.490 e. The highest BCUT2D eigenvalue weighted by Gasteiger charge is 2.38. The number of fused-ring (bicyclic) bond motifs is 2. The predicted molar refractivity (Wildman–Crippen MR) is 114 cm³/mol. The molecule has 11 heteroatoms. The average molecular weight is 461 g/mol. The smallest absolute Gasteiger partial charge is 0.475 e. The fourth-order valence-electron chi connectivity index (χ4n) is 4.05. The van der Waals surface area contributed by atoms with E-state index in [0.717, 1.165) is 23.1 Å². The van der Waals surface area contributed by atoms with Gasteiger partial charge in [0.25, 0.3) is 5.91 Å². The third-order valence-electron chi connectivity index (χ3n) is 5.73. The molecule has 8 nitrogen and oxygen atoms in total. The first-order chi connectivity index (χ1) is 15.7. The summed E-state index contributed by atoms with van der Waals surface area (Å²) in [7, 11) is 0. The number of carbonyl (C=O) groups excluding carboxylic acids is 1. The number of hydrogen-bond acceptors (Lipinski definition) is 5. The van der Waals surface area contributed by atoms with Crippen molar-refractivity contribution in [1.29, 1.82) is 0 Å². The topological polar surface area (TPSA) is 114 Å². The lowest BCUT2D eigenvalue weighted by atomic mass is 9.98. The lowest BCUT2D eigenvalue weighted by Gasteiger charge is -2.18. The monoisotopic (exact) mass is 461 g/mol. The zero-order chi connectivity index (χ0) is 23.8. The molecule has 1 fully saturated rings. The number of amides is 1. The summed E-state index contributed by atoms with van der Waals surface area (Å²) in [5, 5.41) is 7.96. The van der Waals surface area contributed by atoms with Gasteiger partial charge in [0, 0.05) is 30.4 Å². The number of nitrogens with zero attached hydrogens (tertiary/aromatic N) is 4. The van der Waals surface area contributed by atoms with Crippen LogP contribution in [0.1, 0.15) is 47.3 Å². The Bertz CT molecular complexity index is 1190. The zero-order valence-corrected chi connectivity index (χ0v) is 17.5. The molecule has 0 bridgehead atoms. The van der Waals surface area contributed by atoms with E-state index >= 15 is 0 Å². The quantitative estimate of drug-likeness (QED) is 0.615. The Balaban J connectivity index is 0.000000325. The molecule has 3 N–H and O–H groups in total. The van der Waals surface area contributed by atoms with Crippen molar-refractivity contribution in [3.8, 4) is 0 Å². The highest BCUT2D eigenvalue weighted by molar-refractivity contribution is 6.12. The summed E-state index contributed by atoms with van der Waals surface area (Å²) in [6.45, 7) is 1.27.